The molecule has 2 fully saturated rings. The molecule has 10 nitrogen and oxygen atoms in total. The maximum absolute atomic E-state index is 14.1. The molecule has 4 heterocycles. The fraction of sp³-hybridized carbons (Fsp3) is 0.562. The molecule has 0 aliphatic carbocycles. The molecular formula is C32H40ClF3N8O2. The molecule has 3 aliphatic rings. The summed E-state index contributed by atoms with van der Waals surface area (Å²) in [6, 6.07) is 6.45. The Morgan fingerprint density at radius 3 is 2.67 bits per heavy atom. The van der Waals surface area contributed by atoms with Crippen molar-refractivity contribution in [3.05, 3.63) is 52.2 Å². The second-order valence-electron chi connectivity index (χ2n) is 12.3. The van der Waals surface area contributed by atoms with Gasteiger partial charge in [-0.1, -0.05) is 23.7 Å². The number of nitriles is 1. The minimum absolute atomic E-state index is 0.00407. The Labute approximate surface area is 273 Å². The summed E-state index contributed by atoms with van der Waals surface area (Å²) in [6.45, 7) is 3.66. The van der Waals surface area contributed by atoms with Crippen LogP contribution in [0.5, 0.6) is 6.01 Å². The highest BCUT2D eigenvalue weighted by atomic mass is 35.5. The Morgan fingerprint density at radius 2 is 1.98 bits per heavy atom. The summed E-state index contributed by atoms with van der Waals surface area (Å²) in [7, 11) is 5.89. The first-order valence-electron chi connectivity index (χ1n) is 15.5. The van der Waals surface area contributed by atoms with E-state index >= 15 is 0 Å². The first-order chi connectivity index (χ1) is 22.0. The number of likely N-dealkylation sites (N-methyl/N-ethyl adjacent to an activating group) is 2. The van der Waals surface area contributed by atoms with Gasteiger partial charge < -0.3 is 29.2 Å². The molecular weight excluding hydrogens is 621 g/mol. The Kier molecular flexibility index (Phi) is 10.6. The third kappa shape index (κ3) is 7.67. The van der Waals surface area contributed by atoms with Crippen molar-refractivity contribution in [1.82, 2.24) is 24.7 Å². The molecule has 1 aromatic heterocycles. The first kappa shape index (κ1) is 33.8. The smallest absolute Gasteiger partial charge is 0.419 e. The lowest BCUT2D eigenvalue weighted by Crippen LogP contribution is -2.55. The molecule has 3 aliphatic heterocycles. The van der Waals surface area contributed by atoms with E-state index in [1.165, 1.54) is 18.2 Å². The number of piperazine rings is 1. The topological polar surface area (TPSA) is 92.1 Å². The SMILES string of the molecule is CN(C)C/C=C/C(=O)N1CCN(c2nc(OC[C@@H]3CCCN3C)nc3c2CCN(c2cccc(Cl)c2C(F)(F)F)C3)C[C@@H]1CC#N. The normalized spacial score (nSPS) is 20.8. The van der Waals surface area contributed by atoms with Crippen LogP contribution >= 0.6 is 11.6 Å². The highest BCUT2D eigenvalue weighted by Crippen LogP contribution is 2.43. The number of hydrogen-bond donors (Lipinski definition) is 0. The minimum atomic E-state index is -4.62. The average Bonchev–Trinajstić information content (AvgIpc) is 3.42. The standard InChI is InChI=1S/C32H40ClF3N8O2/c1-40(2)14-6-10-28(45)44-18-17-43(19-22(44)11-13-37)30-24-12-16-42(27-9-4-8-25(33)29(27)32(34,35)36)20-26(24)38-31(39-30)46-21-23-7-5-15-41(23)3/h4,6,8-10,22-23H,5,7,11-12,14-21H2,1-3H3/b10-6+/t22-,23-/m0/s1. The number of amides is 1. The van der Waals surface area contributed by atoms with Crippen LogP contribution in [0.1, 0.15) is 36.1 Å². The van der Waals surface area contributed by atoms with Gasteiger partial charge in [-0.3, -0.25) is 4.79 Å². The second-order valence-corrected chi connectivity index (χ2v) is 12.7. The van der Waals surface area contributed by atoms with Crippen LogP contribution in [0.15, 0.2) is 30.4 Å². The van der Waals surface area contributed by atoms with Gasteiger partial charge in [0.2, 0.25) is 5.91 Å². The molecule has 0 unspecified atom stereocenters. The quantitative estimate of drug-likeness (QED) is 0.367. The van der Waals surface area contributed by atoms with E-state index in [1.807, 2.05) is 26.0 Å². The molecule has 0 spiro atoms. The van der Waals surface area contributed by atoms with Gasteiger partial charge in [-0.25, -0.2) is 0 Å². The van der Waals surface area contributed by atoms with E-state index in [0.717, 1.165) is 24.9 Å². The zero-order valence-electron chi connectivity index (χ0n) is 26.4. The molecule has 5 rings (SSSR count). The number of benzene rings is 1. The monoisotopic (exact) mass is 660 g/mol. The van der Waals surface area contributed by atoms with Crippen molar-refractivity contribution in [2.75, 3.05) is 76.8 Å². The van der Waals surface area contributed by atoms with E-state index in [-0.39, 0.29) is 47.7 Å². The minimum Gasteiger partial charge on any atom is -0.462 e. The molecule has 248 valence electrons. The third-order valence-electron chi connectivity index (χ3n) is 8.84. The number of carbonyl (C=O) groups is 1. The van der Waals surface area contributed by atoms with Crippen molar-refractivity contribution in [3.63, 3.8) is 0 Å². The first-order valence-corrected chi connectivity index (χ1v) is 15.9. The van der Waals surface area contributed by atoms with Crippen LogP contribution in [-0.4, -0.2) is 110 Å². The maximum atomic E-state index is 14.1. The van der Waals surface area contributed by atoms with Crippen molar-refractivity contribution in [2.45, 2.75) is 50.5 Å². The number of aromatic nitrogens is 2. The van der Waals surface area contributed by atoms with Gasteiger partial charge >= 0.3 is 12.2 Å². The molecule has 14 heteroatoms. The summed E-state index contributed by atoms with van der Waals surface area (Å²) in [6.07, 6.45) is 1.35. The van der Waals surface area contributed by atoms with Gasteiger partial charge in [0.05, 0.1) is 47.0 Å². The number of rotatable bonds is 9. The van der Waals surface area contributed by atoms with Crippen molar-refractivity contribution >= 4 is 29.0 Å². The summed E-state index contributed by atoms with van der Waals surface area (Å²) in [4.78, 5) is 32.3. The Balaban J connectivity index is 1.45. The third-order valence-corrected chi connectivity index (χ3v) is 9.15. The lowest BCUT2D eigenvalue weighted by Gasteiger charge is -2.42. The van der Waals surface area contributed by atoms with E-state index in [2.05, 4.69) is 15.9 Å². The van der Waals surface area contributed by atoms with Crippen molar-refractivity contribution in [2.24, 2.45) is 0 Å². The van der Waals surface area contributed by atoms with Crippen molar-refractivity contribution in [1.29, 1.82) is 5.26 Å². The number of carbonyl (C=O) groups excluding carboxylic acids is 1. The molecule has 2 aromatic rings. The molecule has 1 amide bonds. The van der Waals surface area contributed by atoms with Crippen molar-refractivity contribution in [3.8, 4) is 12.1 Å². The summed E-state index contributed by atoms with van der Waals surface area (Å²) < 4.78 is 48.4. The summed E-state index contributed by atoms with van der Waals surface area (Å²) >= 11 is 6.06. The van der Waals surface area contributed by atoms with Crippen LogP contribution in [0.2, 0.25) is 5.02 Å². The van der Waals surface area contributed by atoms with Crippen LogP contribution in [0.4, 0.5) is 24.7 Å². The fourth-order valence-electron chi connectivity index (χ4n) is 6.42. The van der Waals surface area contributed by atoms with Gasteiger partial charge in [0, 0.05) is 50.4 Å². The number of alkyl halides is 3. The highest BCUT2D eigenvalue weighted by Gasteiger charge is 2.39. The highest BCUT2D eigenvalue weighted by molar-refractivity contribution is 6.31. The van der Waals surface area contributed by atoms with Gasteiger partial charge in [0.25, 0.3) is 0 Å². The van der Waals surface area contributed by atoms with Crippen LogP contribution in [-0.2, 0) is 23.9 Å². The molecule has 0 bridgehead atoms. The molecule has 0 N–H and O–H groups in total. The van der Waals surface area contributed by atoms with E-state index in [4.69, 9.17) is 26.3 Å². The molecule has 0 saturated carbocycles. The fourth-order valence-corrected chi connectivity index (χ4v) is 6.69. The number of ether oxygens (including phenoxy) is 1. The zero-order valence-corrected chi connectivity index (χ0v) is 27.2. The van der Waals surface area contributed by atoms with Gasteiger partial charge in [0.15, 0.2) is 0 Å². The summed E-state index contributed by atoms with van der Waals surface area (Å²) in [5.74, 6) is 0.494. The zero-order chi connectivity index (χ0) is 33.0. The summed E-state index contributed by atoms with van der Waals surface area (Å²) in [5, 5.41) is 9.27. The number of nitrogens with zero attached hydrogens (tertiary/aromatic N) is 8. The predicted molar refractivity (Wildman–Crippen MR) is 170 cm³/mol. The largest absolute Gasteiger partial charge is 0.462 e. The molecule has 2 saturated heterocycles. The van der Waals surface area contributed by atoms with E-state index < -0.39 is 11.7 Å². The van der Waals surface area contributed by atoms with Gasteiger partial charge in [-0.05, 0) is 59.1 Å². The summed E-state index contributed by atoms with van der Waals surface area (Å²) in [5.41, 5.74) is 0.555. The number of likely N-dealkylation sites (tertiary alicyclic amines) is 1. The van der Waals surface area contributed by atoms with Crippen LogP contribution in [0.25, 0.3) is 0 Å². The second kappa shape index (κ2) is 14.4. The molecule has 1 aromatic carbocycles. The van der Waals surface area contributed by atoms with Gasteiger partial charge in [0.1, 0.15) is 12.4 Å². The molecule has 0 radical (unpaired) electrons. The number of hydrogen-bond acceptors (Lipinski definition) is 9. The lowest BCUT2D eigenvalue weighted by molar-refractivity contribution is -0.137. The Hall–Kier alpha value is -3.60. The van der Waals surface area contributed by atoms with E-state index in [0.29, 0.717) is 57.3 Å². The number of anilines is 2. The number of halogens is 4. The van der Waals surface area contributed by atoms with E-state index in [1.54, 1.807) is 22.0 Å². The van der Waals surface area contributed by atoms with Crippen LogP contribution in [0, 0.1) is 11.3 Å². The van der Waals surface area contributed by atoms with Crippen LogP contribution < -0.4 is 14.5 Å². The molecule has 2 atom stereocenters. The van der Waals surface area contributed by atoms with Crippen LogP contribution in [0.3, 0.4) is 0 Å². The Bertz CT molecular complexity index is 1480. The van der Waals surface area contributed by atoms with E-state index in [9.17, 15) is 23.2 Å². The Morgan fingerprint density at radius 1 is 1.17 bits per heavy atom. The maximum Gasteiger partial charge on any atom is 0.419 e. The van der Waals surface area contributed by atoms with Gasteiger partial charge in [-0.15, -0.1) is 0 Å². The lowest BCUT2D eigenvalue weighted by atomic mass is 10.0. The van der Waals surface area contributed by atoms with Gasteiger partial charge in [-0.2, -0.15) is 28.4 Å². The number of fused-ring (bicyclic) bond motifs is 1. The molecule has 46 heavy (non-hydrogen) atoms. The average molecular weight is 661 g/mol. The predicted octanol–water partition coefficient (Wildman–Crippen LogP) is 4.23. The van der Waals surface area contributed by atoms with Crippen molar-refractivity contribution < 1.29 is 22.7 Å².